The molecule has 0 spiro atoms. The number of hydrogen-bond donors (Lipinski definition) is 1. The van der Waals surface area contributed by atoms with Gasteiger partial charge in [-0.2, -0.15) is 0 Å². The summed E-state index contributed by atoms with van der Waals surface area (Å²) in [7, 11) is 0. The fourth-order valence-corrected chi connectivity index (χ4v) is 4.14. The summed E-state index contributed by atoms with van der Waals surface area (Å²) in [6.45, 7) is 1.87. The molecule has 9 heteroatoms. The Bertz CT molecular complexity index is 1140. The lowest BCUT2D eigenvalue weighted by atomic mass is 10.2. The second kappa shape index (κ2) is 8.54. The number of aryl methyl sites for hydroxylation is 1. The number of thioether (sulfide) groups is 1. The third-order valence-corrected chi connectivity index (χ3v) is 5.76. The molecule has 29 heavy (non-hydrogen) atoms. The van der Waals surface area contributed by atoms with Gasteiger partial charge in [-0.3, -0.25) is 9.36 Å². The van der Waals surface area contributed by atoms with Gasteiger partial charge in [0, 0.05) is 11.1 Å². The van der Waals surface area contributed by atoms with Crippen molar-refractivity contribution in [2.75, 3.05) is 11.1 Å². The van der Waals surface area contributed by atoms with E-state index in [4.69, 9.17) is 0 Å². The highest BCUT2D eigenvalue weighted by Crippen LogP contribution is 2.29. The summed E-state index contributed by atoms with van der Waals surface area (Å²) in [5, 5.41) is 14.1. The van der Waals surface area contributed by atoms with Crippen molar-refractivity contribution in [3.63, 3.8) is 0 Å². The van der Waals surface area contributed by atoms with E-state index in [0.717, 1.165) is 11.4 Å². The Labute approximate surface area is 174 Å². The number of hydrogen-bond acceptors (Lipinski definition) is 6. The van der Waals surface area contributed by atoms with Gasteiger partial charge in [-0.1, -0.05) is 42.1 Å². The van der Waals surface area contributed by atoms with Crippen molar-refractivity contribution in [1.29, 1.82) is 0 Å². The minimum atomic E-state index is -0.384. The normalized spacial score (nSPS) is 10.8. The molecular formula is C20H16FN5OS2. The maximum absolute atomic E-state index is 14.4. The number of aromatic nitrogens is 4. The lowest BCUT2D eigenvalue weighted by Gasteiger charge is -2.10. The number of carbonyl (C=O) groups excluding carboxylic acids is 1. The summed E-state index contributed by atoms with van der Waals surface area (Å²) in [5.74, 6) is -0.0707. The molecule has 0 bridgehead atoms. The number of anilines is 1. The van der Waals surface area contributed by atoms with Crippen LogP contribution in [0.1, 0.15) is 5.69 Å². The van der Waals surface area contributed by atoms with Crippen LogP contribution >= 0.6 is 23.1 Å². The molecule has 0 atom stereocenters. The molecule has 2 aromatic heterocycles. The first-order chi connectivity index (χ1) is 14.1. The zero-order valence-electron chi connectivity index (χ0n) is 15.4. The first kappa shape index (κ1) is 19.3. The number of nitrogens with one attached hydrogen (secondary N) is 1. The molecule has 0 aliphatic carbocycles. The van der Waals surface area contributed by atoms with Gasteiger partial charge in [0.15, 0.2) is 16.1 Å². The van der Waals surface area contributed by atoms with E-state index in [2.05, 4.69) is 20.5 Å². The highest BCUT2D eigenvalue weighted by molar-refractivity contribution is 7.99. The number of benzene rings is 2. The Hall–Kier alpha value is -3.04. The maximum Gasteiger partial charge on any atom is 0.236 e. The number of nitrogens with zero attached hydrogens (tertiary/aromatic N) is 4. The van der Waals surface area contributed by atoms with Gasteiger partial charge in [0.1, 0.15) is 5.82 Å². The van der Waals surface area contributed by atoms with Crippen molar-refractivity contribution in [3.05, 3.63) is 71.5 Å². The number of carbonyl (C=O) groups is 1. The molecule has 0 saturated carbocycles. The molecule has 4 rings (SSSR count). The molecule has 1 amide bonds. The smallest absolute Gasteiger partial charge is 0.236 e. The van der Waals surface area contributed by atoms with Gasteiger partial charge in [-0.25, -0.2) is 9.37 Å². The number of halogens is 1. The quantitative estimate of drug-likeness (QED) is 0.458. The zero-order chi connectivity index (χ0) is 20.2. The third kappa shape index (κ3) is 4.36. The van der Waals surface area contributed by atoms with Crippen LogP contribution in [0.25, 0.3) is 17.1 Å². The van der Waals surface area contributed by atoms with Crippen LogP contribution in [0.2, 0.25) is 0 Å². The lowest BCUT2D eigenvalue weighted by Crippen LogP contribution is -2.14. The molecule has 0 radical (unpaired) electrons. The lowest BCUT2D eigenvalue weighted by molar-refractivity contribution is -0.113. The summed E-state index contributed by atoms with van der Waals surface area (Å²) in [5.41, 5.74) is 1.99. The number of amides is 1. The Morgan fingerprint density at radius 3 is 2.62 bits per heavy atom. The summed E-state index contributed by atoms with van der Waals surface area (Å²) < 4.78 is 16.1. The van der Waals surface area contributed by atoms with E-state index in [0.29, 0.717) is 21.7 Å². The van der Waals surface area contributed by atoms with E-state index in [1.165, 1.54) is 29.2 Å². The number of rotatable bonds is 6. The van der Waals surface area contributed by atoms with Crippen LogP contribution in [0.15, 0.2) is 65.1 Å². The van der Waals surface area contributed by atoms with E-state index >= 15 is 0 Å². The van der Waals surface area contributed by atoms with Gasteiger partial charge in [0.05, 0.1) is 17.0 Å². The molecule has 6 nitrogen and oxygen atoms in total. The predicted octanol–water partition coefficient (Wildman–Crippen LogP) is 4.57. The SMILES string of the molecule is Cc1csc(NC(=O)CSc2nnc(-c3ccccc3F)n2-c2ccccc2)n1. The van der Waals surface area contributed by atoms with E-state index < -0.39 is 0 Å². The first-order valence-electron chi connectivity index (χ1n) is 8.72. The molecule has 4 aromatic rings. The molecule has 0 fully saturated rings. The van der Waals surface area contributed by atoms with Crippen LogP contribution in [0.4, 0.5) is 9.52 Å². The van der Waals surface area contributed by atoms with Crippen LogP contribution in [0.5, 0.6) is 0 Å². The van der Waals surface area contributed by atoms with Gasteiger partial charge < -0.3 is 5.32 Å². The summed E-state index contributed by atoms with van der Waals surface area (Å²) in [6.07, 6.45) is 0. The average Bonchev–Trinajstić information content (AvgIpc) is 3.33. The number of thiazole rings is 1. The third-order valence-electron chi connectivity index (χ3n) is 3.96. The molecule has 2 heterocycles. The molecule has 0 aliphatic rings. The highest BCUT2D eigenvalue weighted by atomic mass is 32.2. The van der Waals surface area contributed by atoms with Crippen molar-refractivity contribution in [2.45, 2.75) is 12.1 Å². The highest BCUT2D eigenvalue weighted by Gasteiger charge is 2.19. The van der Waals surface area contributed by atoms with Crippen molar-refractivity contribution >= 4 is 34.1 Å². The molecule has 146 valence electrons. The predicted molar refractivity (Wildman–Crippen MR) is 113 cm³/mol. The fourth-order valence-electron chi connectivity index (χ4n) is 2.69. The monoisotopic (exact) mass is 425 g/mol. The van der Waals surface area contributed by atoms with E-state index in [-0.39, 0.29) is 17.5 Å². The van der Waals surface area contributed by atoms with Crippen molar-refractivity contribution in [1.82, 2.24) is 19.7 Å². The van der Waals surface area contributed by atoms with Crippen LogP contribution in [-0.2, 0) is 4.79 Å². The Morgan fingerprint density at radius 1 is 1.14 bits per heavy atom. The molecule has 2 aromatic carbocycles. The van der Waals surface area contributed by atoms with Gasteiger partial charge in [0.25, 0.3) is 0 Å². The summed E-state index contributed by atoms with van der Waals surface area (Å²) in [4.78, 5) is 16.5. The van der Waals surface area contributed by atoms with Gasteiger partial charge in [-0.15, -0.1) is 21.5 Å². The molecule has 0 unspecified atom stereocenters. The van der Waals surface area contributed by atoms with Crippen LogP contribution in [0, 0.1) is 12.7 Å². The summed E-state index contributed by atoms with van der Waals surface area (Å²) >= 11 is 2.60. The molecule has 1 N–H and O–H groups in total. The minimum absolute atomic E-state index is 0.126. The fraction of sp³-hybridized carbons (Fsp3) is 0.100. The van der Waals surface area contributed by atoms with E-state index in [1.807, 2.05) is 42.6 Å². The Kier molecular flexibility index (Phi) is 5.68. The van der Waals surface area contributed by atoms with Crippen molar-refractivity contribution in [3.8, 4) is 17.1 Å². The van der Waals surface area contributed by atoms with Crippen molar-refractivity contribution < 1.29 is 9.18 Å². The Balaban J connectivity index is 1.62. The van der Waals surface area contributed by atoms with Gasteiger partial charge in [-0.05, 0) is 31.2 Å². The van der Waals surface area contributed by atoms with Crippen LogP contribution in [0.3, 0.4) is 0 Å². The topological polar surface area (TPSA) is 72.7 Å². The van der Waals surface area contributed by atoms with E-state index in [9.17, 15) is 9.18 Å². The largest absolute Gasteiger partial charge is 0.301 e. The second-order valence-corrected chi connectivity index (χ2v) is 7.89. The van der Waals surface area contributed by atoms with Crippen LogP contribution in [-0.4, -0.2) is 31.4 Å². The average molecular weight is 426 g/mol. The van der Waals surface area contributed by atoms with Gasteiger partial charge >= 0.3 is 0 Å². The maximum atomic E-state index is 14.4. The Morgan fingerprint density at radius 2 is 1.90 bits per heavy atom. The number of para-hydroxylation sites is 1. The standard InChI is InChI=1S/C20H16FN5OS2/c1-13-11-28-19(22-13)23-17(27)12-29-20-25-24-18(15-9-5-6-10-16(15)21)26(20)14-7-3-2-4-8-14/h2-11H,12H2,1H3,(H,22,23,27). The first-order valence-corrected chi connectivity index (χ1v) is 10.6. The minimum Gasteiger partial charge on any atom is -0.301 e. The molecular weight excluding hydrogens is 409 g/mol. The summed E-state index contributed by atoms with van der Waals surface area (Å²) in [6, 6.07) is 15.8. The van der Waals surface area contributed by atoms with Gasteiger partial charge in [0.2, 0.25) is 5.91 Å². The van der Waals surface area contributed by atoms with Crippen LogP contribution < -0.4 is 5.32 Å². The van der Waals surface area contributed by atoms with Crippen molar-refractivity contribution in [2.24, 2.45) is 0 Å². The van der Waals surface area contributed by atoms with E-state index in [1.54, 1.807) is 22.8 Å². The zero-order valence-corrected chi connectivity index (χ0v) is 17.0. The molecule has 0 aliphatic heterocycles. The molecule has 0 saturated heterocycles. The second-order valence-electron chi connectivity index (χ2n) is 6.09.